The van der Waals surface area contributed by atoms with Gasteiger partial charge in [-0.25, -0.2) is 22.7 Å². The Morgan fingerprint density at radius 1 is 1.00 bits per heavy atom. The van der Waals surface area contributed by atoms with Gasteiger partial charge in [0.25, 0.3) is 0 Å². The minimum atomic E-state index is -4.08. The number of nitrogens with one attached hydrogen (secondary N) is 1. The van der Waals surface area contributed by atoms with Crippen LogP contribution >= 0.6 is 0 Å². The van der Waals surface area contributed by atoms with Gasteiger partial charge in [-0.3, -0.25) is 0 Å². The van der Waals surface area contributed by atoms with E-state index < -0.39 is 22.0 Å². The molecule has 0 heterocycles. The topological polar surface area (TPSA) is 98.8 Å². The van der Waals surface area contributed by atoms with Crippen LogP contribution in [0.5, 0.6) is 0 Å². The van der Waals surface area contributed by atoms with E-state index >= 15 is 0 Å². The van der Waals surface area contributed by atoms with E-state index in [0.717, 1.165) is 24.3 Å². The first-order chi connectivity index (χ1) is 12.3. The summed E-state index contributed by atoms with van der Waals surface area (Å²) in [6.07, 6.45) is 0. The van der Waals surface area contributed by atoms with Crippen molar-refractivity contribution in [1.29, 1.82) is 0 Å². The second kappa shape index (κ2) is 8.11. The highest BCUT2D eigenvalue weighted by molar-refractivity contribution is 7.89. The molecule has 0 aromatic heterocycles. The van der Waals surface area contributed by atoms with Crippen LogP contribution in [0.15, 0.2) is 47.4 Å². The van der Waals surface area contributed by atoms with E-state index in [2.05, 4.69) is 14.2 Å². The van der Waals surface area contributed by atoms with E-state index in [1.165, 1.54) is 19.2 Å². The number of sulfonamides is 1. The number of methoxy groups -OCH3 is 2. The predicted molar refractivity (Wildman–Crippen MR) is 94.3 cm³/mol. The van der Waals surface area contributed by atoms with Gasteiger partial charge in [0.1, 0.15) is 0 Å². The van der Waals surface area contributed by atoms with Gasteiger partial charge in [0.05, 0.1) is 30.2 Å². The molecule has 7 nitrogen and oxygen atoms in total. The minimum absolute atomic E-state index is 0.0103. The minimum Gasteiger partial charge on any atom is -0.465 e. The number of hydrogen-bond acceptors (Lipinski definition) is 6. The fraction of sp³-hybridized carbons (Fsp3) is 0.222. The lowest BCUT2D eigenvalue weighted by Gasteiger charge is -2.12. The quantitative estimate of drug-likeness (QED) is 0.774. The van der Waals surface area contributed by atoms with Crippen LogP contribution in [0, 0.1) is 6.92 Å². The van der Waals surface area contributed by atoms with Gasteiger partial charge in [0, 0.05) is 6.54 Å². The van der Waals surface area contributed by atoms with Crippen LogP contribution in [0.4, 0.5) is 0 Å². The summed E-state index contributed by atoms with van der Waals surface area (Å²) in [7, 11) is -1.75. The van der Waals surface area contributed by atoms with E-state index in [0.29, 0.717) is 0 Å². The summed E-state index contributed by atoms with van der Waals surface area (Å²) in [4.78, 5) is 23.3. The molecule has 0 spiro atoms. The zero-order valence-corrected chi connectivity index (χ0v) is 15.4. The summed E-state index contributed by atoms with van der Waals surface area (Å²) in [5, 5.41) is 0. The zero-order chi connectivity index (χ0) is 19.3. The fourth-order valence-corrected chi connectivity index (χ4v) is 3.58. The highest BCUT2D eigenvalue weighted by Gasteiger charge is 2.25. The van der Waals surface area contributed by atoms with Gasteiger partial charge in [0.2, 0.25) is 10.0 Å². The number of esters is 2. The van der Waals surface area contributed by atoms with Crippen LogP contribution in [0.1, 0.15) is 31.8 Å². The molecular formula is C18H19NO6S. The first kappa shape index (κ1) is 19.6. The maximum Gasteiger partial charge on any atom is 0.339 e. The lowest BCUT2D eigenvalue weighted by molar-refractivity contribution is 0.0583. The summed E-state index contributed by atoms with van der Waals surface area (Å²) in [5.74, 6) is -1.53. The molecule has 0 fully saturated rings. The van der Waals surface area contributed by atoms with Crippen LogP contribution in [-0.4, -0.2) is 34.6 Å². The molecule has 0 unspecified atom stereocenters. The molecular weight excluding hydrogens is 358 g/mol. The largest absolute Gasteiger partial charge is 0.465 e. The van der Waals surface area contributed by atoms with Crippen molar-refractivity contribution in [1.82, 2.24) is 4.72 Å². The number of ether oxygens (including phenoxy) is 2. The lowest BCUT2D eigenvalue weighted by Crippen LogP contribution is -2.26. The van der Waals surface area contributed by atoms with Crippen molar-refractivity contribution in [3.05, 3.63) is 64.7 Å². The molecule has 2 rings (SSSR count). The molecule has 26 heavy (non-hydrogen) atoms. The highest BCUT2D eigenvalue weighted by Crippen LogP contribution is 2.20. The predicted octanol–water partition coefficient (Wildman–Crippen LogP) is 2.05. The maximum absolute atomic E-state index is 12.7. The summed E-state index contributed by atoms with van der Waals surface area (Å²) in [6, 6.07) is 11.0. The van der Waals surface area contributed by atoms with Crippen molar-refractivity contribution < 1.29 is 27.5 Å². The third-order valence-corrected chi connectivity index (χ3v) is 5.09. The van der Waals surface area contributed by atoms with Crippen molar-refractivity contribution in [2.75, 3.05) is 14.2 Å². The van der Waals surface area contributed by atoms with Crippen LogP contribution < -0.4 is 4.72 Å². The number of carbonyl (C=O) groups excluding carboxylic acids is 2. The Bertz CT molecular complexity index is 936. The number of benzene rings is 2. The molecule has 0 saturated carbocycles. The normalized spacial score (nSPS) is 11.0. The monoisotopic (exact) mass is 377 g/mol. The van der Waals surface area contributed by atoms with Crippen molar-refractivity contribution in [2.24, 2.45) is 0 Å². The molecule has 1 N–H and O–H groups in total. The summed E-state index contributed by atoms with van der Waals surface area (Å²) in [6.45, 7) is 1.93. The second-order valence-electron chi connectivity index (χ2n) is 5.51. The SMILES string of the molecule is COC(=O)c1ccc(C(=O)OC)c(S(=O)(=O)NCc2cccc(C)c2)c1. The first-order valence-corrected chi connectivity index (χ1v) is 9.12. The molecule has 0 aliphatic heterocycles. The van der Waals surface area contributed by atoms with E-state index in [4.69, 9.17) is 0 Å². The molecule has 2 aromatic carbocycles. The Balaban J connectivity index is 2.41. The van der Waals surface area contributed by atoms with E-state index in [1.807, 2.05) is 25.1 Å². The molecule has 2 aromatic rings. The highest BCUT2D eigenvalue weighted by atomic mass is 32.2. The Morgan fingerprint density at radius 3 is 2.31 bits per heavy atom. The van der Waals surface area contributed by atoms with E-state index in [1.54, 1.807) is 6.07 Å². The molecule has 138 valence electrons. The lowest BCUT2D eigenvalue weighted by atomic mass is 10.1. The fourth-order valence-electron chi connectivity index (χ4n) is 2.35. The molecule has 0 atom stereocenters. The Hall–Kier alpha value is -2.71. The van der Waals surface area contributed by atoms with Crippen LogP contribution in [0.3, 0.4) is 0 Å². The van der Waals surface area contributed by atoms with Gasteiger partial charge < -0.3 is 9.47 Å². The van der Waals surface area contributed by atoms with Crippen molar-refractivity contribution in [3.8, 4) is 0 Å². The molecule has 0 aliphatic rings. The zero-order valence-electron chi connectivity index (χ0n) is 14.6. The molecule has 8 heteroatoms. The average Bonchev–Trinajstić information content (AvgIpc) is 2.64. The third kappa shape index (κ3) is 4.47. The molecule has 0 amide bonds. The summed E-state index contributed by atoms with van der Waals surface area (Å²) in [5.41, 5.74) is 1.59. The second-order valence-corrected chi connectivity index (χ2v) is 7.24. The number of rotatable bonds is 6. The molecule has 0 saturated heterocycles. The summed E-state index contributed by atoms with van der Waals surface area (Å²) < 4.78 is 37.1. The Kier molecular flexibility index (Phi) is 6.12. The third-order valence-electron chi connectivity index (χ3n) is 3.65. The first-order valence-electron chi connectivity index (χ1n) is 7.64. The van der Waals surface area contributed by atoms with Crippen LogP contribution in [0.25, 0.3) is 0 Å². The van der Waals surface area contributed by atoms with Crippen LogP contribution in [-0.2, 0) is 26.0 Å². The molecule has 0 bridgehead atoms. The van der Waals surface area contributed by atoms with E-state index in [9.17, 15) is 18.0 Å². The number of aryl methyl sites for hydroxylation is 1. The molecule has 0 radical (unpaired) electrons. The van der Waals surface area contributed by atoms with Gasteiger partial charge in [-0.1, -0.05) is 29.8 Å². The Labute approximate surface area is 152 Å². The van der Waals surface area contributed by atoms with Gasteiger partial charge in [-0.15, -0.1) is 0 Å². The van der Waals surface area contributed by atoms with E-state index in [-0.39, 0.29) is 22.6 Å². The van der Waals surface area contributed by atoms with Crippen molar-refractivity contribution in [3.63, 3.8) is 0 Å². The number of hydrogen-bond donors (Lipinski definition) is 1. The smallest absolute Gasteiger partial charge is 0.339 e. The average molecular weight is 377 g/mol. The van der Waals surface area contributed by atoms with Gasteiger partial charge in [-0.2, -0.15) is 0 Å². The number of carbonyl (C=O) groups is 2. The molecule has 0 aliphatic carbocycles. The maximum atomic E-state index is 12.7. The van der Waals surface area contributed by atoms with Gasteiger partial charge in [-0.05, 0) is 30.7 Å². The standard InChI is InChI=1S/C18H19NO6S/c1-12-5-4-6-13(9-12)11-19-26(22,23)16-10-14(17(20)24-2)7-8-15(16)18(21)25-3/h4-10,19H,11H2,1-3H3. The van der Waals surface area contributed by atoms with Gasteiger partial charge in [0.15, 0.2) is 0 Å². The Morgan fingerprint density at radius 2 is 1.69 bits per heavy atom. The van der Waals surface area contributed by atoms with Gasteiger partial charge >= 0.3 is 11.9 Å². The van der Waals surface area contributed by atoms with Crippen LogP contribution in [0.2, 0.25) is 0 Å². The summed E-state index contributed by atoms with van der Waals surface area (Å²) >= 11 is 0. The van der Waals surface area contributed by atoms with Crippen molar-refractivity contribution in [2.45, 2.75) is 18.4 Å². The van der Waals surface area contributed by atoms with Crippen molar-refractivity contribution >= 4 is 22.0 Å².